The summed E-state index contributed by atoms with van der Waals surface area (Å²) >= 11 is 0. The Hall–Kier alpha value is -0.650. The van der Waals surface area contributed by atoms with Crippen LogP contribution in [0, 0.1) is 0 Å². The summed E-state index contributed by atoms with van der Waals surface area (Å²) < 4.78 is 5.53. The Balaban J connectivity index is 2.17. The van der Waals surface area contributed by atoms with Gasteiger partial charge in [0.1, 0.15) is 6.04 Å². The first-order chi connectivity index (χ1) is 7.63. The number of rotatable bonds is 7. The molecule has 0 amide bonds. The van der Waals surface area contributed by atoms with Crippen LogP contribution in [0.2, 0.25) is 0 Å². The van der Waals surface area contributed by atoms with Crippen molar-refractivity contribution in [1.82, 2.24) is 10.2 Å². The second-order valence-electron chi connectivity index (χ2n) is 4.37. The highest BCUT2D eigenvalue weighted by Crippen LogP contribution is 2.12. The molecule has 5 heteroatoms. The maximum atomic E-state index is 10.8. The average molecular weight is 230 g/mol. The third kappa shape index (κ3) is 4.47. The SMILES string of the molecule is CNC(CCN(C)CC1CCCO1)C(=O)O. The normalized spacial score (nSPS) is 22.6. The molecule has 0 saturated carbocycles. The highest BCUT2D eigenvalue weighted by molar-refractivity contribution is 5.73. The molecule has 1 saturated heterocycles. The largest absolute Gasteiger partial charge is 0.480 e. The molecule has 0 aliphatic carbocycles. The first-order valence-corrected chi connectivity index (χ1v) is 5.83. The highest BCUT2D eigenvalue weighted by Gasteiger charge is 2.19. The van der Waals surface area contributed by atoms with E-state index in [4.69, 9.17) is 9.84 Å². The van der Waals surface area contributed by atoms with Crippen molar-refractivity contribution in [2.45, 2.75) is 31.4 Å². The topological polar surface area (TPSA) is 61.8 Å². The van der Waals surface area contributed by atoms with Crippen LogP contribution in [-0.2, 0) is 9.53 Å². The molecule has 2 unspecified atom stereocenters. The van der Waals surface area contributed by atoms with Crippen LogP contribution < -0.4 is 5.32 Å². The number of hydrogen-bond donors (Lipinski definition) is 2. The molecule has 1 aliphatic rings. The molecule has 94 valence electrons. The van der Waals surface area contributed by atoms with Gasteiger partial charge in [0.25, 0.3) is 0 Å². The number of likely N-dealkylation sites (N-methyl/N-ethyl adjacent to an activating group) is 2. The quantitative estimate of drug-likeness (QED) is 0.652. The van der Waals surface area contributed by atoms with E-state index >= 15 is 0 Å². The number of ether oxygens (including phenoxy) is 1. The van der Waals surface area contributed by atoms with E-state index in [1.165, 1.54) is 0 Å². The first kappa shape index (κ1) is 13.4. The van der Waals surface area contributed by atoms with Gasteiger partial charge >= 0.3 is 5.97 Å². The molecule has 0 aromatic rings. The Bertz CT molecular complexity index is 217. The monoisotopic (exact) mass is 230 g/mol. The lowest BCUT2D eigenvalue weighted by atomic mass is 10.2. The van der Waals surface area contributed by atoms with Gasteiger partial charge in [0.2, 0.25) is 0 Å². The Morgan fingerprint density at radius 1 is 1.69 bits per heavy atom. The minimum atomic E-state index is -0.784. The van der Waals surface area contributed by atoms with Crippen molar-refractivity contribution in [3.05, 3.63) is 0 Å². The third-order valence-corrected chi connectivity index (χ3v) is 2.99. The summed E-state index contributed by atoms with van der Waals surface area (Å²) in [6, 6.07) is -0.452. The zero-order valence-corrected chi connectivity index (χ0v) is 10.1. The van der Waals surface area contributed by atoms with Crippen molar-refractivity contribution in [1.29, 1.82) is 0 Å². The van der Waals surface area contributed by atoms with Crippen LogP contribution >= 0.6 is 0 Å². The van der Waals surface area contributed by atoms with Crippen molar-refractivity contribution in [2.24, 2.45) is 0 Å². The predicted octanol–water partition coefficient (Wildman–Crippen LogP) is 0.160. The molecule has 0 aromatic heterocycles. The van der Waals surface area contributed by atoms with E-state index in [-0.39, 0.29) is 0 Å². The van der Waals surface area contributed by atoms with E-state index in [1.807, 2.05) is 7.05 Å². The molecule has 2 atom stereocenters. The Morgan fingerprint density at radius 2 is 2.44 bits per heavy atom. The molecule has 1 rings (SSSR count). The minimum absolute atomic E-state index is 0.336. The summed E-state index contributed by atoms with van der Waals surface area (Å²) in [6.07, 6.45) is 3.23. The van der Waals surface area contributed by atoms with E-state index in [9.17, 15) is 4.79 Å². The van der Waals surface area contributed by atoms with E-state index in [2.05, 4.69) is 10.2 Å². The average Bonchev–Trinajstić information content (AvgIpc) is 2.70. The van der Waals surface area contributed by atoms with Gasteiger partial charge < -0.3 is 20.1 Å². The zero-order chi connectivity index (χ0) is 12.0. The molecule has 1 aliphatic heterocycles. The molecule has 1 heterocycles. The van der Waals surface area contributed by atoms with Crippen LogP contribution in [0.15, 0.2) is 0 Å². The molecular formula is C11H22N2O3. The number of carboxylic acids is 1. The van der Waals surface area contributed by atoms with Gasteiger partial charge in [0, 0.05) is 13.2 Å². The molecule has 16 heavy (non-hydrogen) atoms. The van der Waals surface area contributed by atoms with Gasteiger partial charge in [-0.2, -0.15) is 0 Å². The van der Waals surface area contributed by atoms with E-state index in [0.29, 0.717) is 12.5 Å². The minimum Gasteiger partial charge on any atom is -0.480 e. The molecule has 5 nitrogen and oxygen atoms in total. The Labute approximate surface area is 96.8 Å². The summed E-state index contributed by atoms with van der Waals surface area (Å²) in [5.41, 5.74) is 0. The smallest absolute Gasteiger partial charge is 0.320 e. The van der Waals surface area contributed by atoms with Gasteiger partial charge in [0.05, 0.1) is 6.10 Å². The predicted molar refractivity (Wildman–Crippen MR) is 61.6 cm³/mol. The van der Waals surface area contributed by atoms with Crippen LogP contribution in [0.25, 0.3) is 0 Å². The molecule has 1 fully saturated rings. The van der Waals surface area contributed by atoms with Gasteiger partial charge in [-0.15, -0.1) is 0 Å². The summed E-state index contributed by atoms with van der Waals surface area (Å²) in [5.74, 6) is -0.784. The maximum absolute atomic E-state index is 10.8. The van der Waals surface area contributed by atoms with Gasteiger partial charge in [-0.05, 0) is 39.9 Å². The van der Waals surface area contributed by atoms with Crippen molar-refractivity contribution in [3.63, 3.8) is 0 Å². The molecule has 2 N–H and O–H groups in total. The number of nitrogens with one attached hydrogen (secondary N) is 1. The fraction of sp³-hybridized carbons (Fsp3) is 0.909. The Kier molecular flexibility index (Phi) is 5.73. The van der Waals surface area contributed by atoms with Crippen molar-refractivity contribution < 1.29 is 14.6 Å². The highest BCUT2D eigenvalue weighted by atomic mass is 16.5. The summed E-state index contributed by atoms with van der Waals surface area (Å²) in [4.78, 5) is 12.9. The molecular weight excluding hydrogens is 208 g/mol. The third-order valence-electron chi connectivity index (χ3n) is 2.99. The lowest BCUT2D eigenvalue weighted by Crippen LogP contribution is -2.38. The Morgan fingerprint density at radius 3 is 2.94 bits per heavy atom. The maximum Gasteiger partial charge on any atom is 0.320 e. The van der Waals surface area contributed by atoms with E-state index in [0.717, 1.165) is 32.5 Å². The summed E-state index contributed by atoms with van der Waals surface area (Å²) in [5, 5.41) is 11.7. The van der Waals surface area contributed by atoms with E-state index in [1.54, 1.807) is 7.05 Å². The first-order valence-electron chi connectivity index (χ1n) is 5.83. The molecule has 0 bridgehead atoms. The fourth-order valence-electron chi connectivity index (χ4n) is 1.97. The lowest BCUT2D eigenvalue weighted by Gasteiger charge is -2.22. The van der Waals surface area contributed by atoms with Crippen LogP contribution in [-0.4, -0.2) is 61.9 Å². The van der Waals surface area contributed by atoms with E-state index < -0.39 is 12.0 Å². The number of hydrogen-bond acceptors (Lipinski definition) is 4. The molecule has 0 spiro atoms. The lowest BCUT2D eigenvalue weighted by molar-refractivity contribution is -0.139. The van der Waals surface area contributed by atoms with Crippen molar-refractivity contribution >= 4 is 5.97 Å². The second kappa shape index (κ2) is 6.83. The van der Waals surface area contributed by atoms with Gasteiger partial charge in [0.15, 0.2) is 0 Å². The number of nitrogens with zero attached hydrogens (tertiary/aromatic N) is 1. The number of carbonyl (C=O) groups is 1. The fourth-order valence-corrected chi connectivity index (χ4v) is 1.97. The van der Waals surface area contributed by atoms with Crippen molar-refractivity contribution in [2.75, 3.05) is 33.8 Å². The van der Waals surface area contributed by atoms with Crippen LogP contribution in [0.3, 0.4) is 0 Å². The molecule has 0 aromatic carbocycles. The molecule has 0 radical (unpaired) electrons. The number of carboxylic acid groups (broad SMARTS) is 1. The second-order valence-corrected chi connectivity index (χ2v) is 4.37. The summed E-state index contributed by atoms with van der Waals surface area (Å²) in [6.45, 7) is 2.54. The van der Waals surface area contributed by atoms with Crippen molar-refractivity contribution in [3.8, 4) is 0 Å². The zero-order valence-electron chi connectivity index (χ0n) is 10.1. The van der Waals surface area contributed by atoms with Gasteiger partial charge in [-0.3, -0.25) is 4.79 Å². The van der Waals surface area contributed by atoms with Crippen LogP contribution in [0.1, 0.15) is 19.3 Å². The number of aliphatic carboxylic acids is 1. The standard InChI is InChI=1S/C11H22N2O3/c1-12-10(11(14)15)5-6-13(2)8-9-4-3-7-16-9/h9-10,12H,3-8H2,1-2H3,(H,14,15). The van der Waals surface area contributed by atoms with Gasteiger partial charge in [-0.25, -0.2) is 0 Å². The summed E-state index contributed by atoms with van der Waals surface area (Å²) in [7, 11) is 3.69. The van der Waals surface area contributed by atoms with Crippen LogP contribution in [0.5, 0.6) is 0 Å². The van der Waals surface area contributed by atoms with Gasteiger partial charge in [-0.1, -0.05) is 0 Å². The van der Waals surface area contributed by atoms with Crippen LogP contribution in [0.4, 0.5) is 0 Å².